The minimum atomic E-state index is -0.416. The number of carbonyl (C=O) groups is 2. The summed E-state index contributed by atoms with van der Waals surface area (Å²) < 4.78 is 6.42. The predicted molar refractivity (Wildman–Crippen MR) is 77.0 cm³/mol. The number of aryl methyl sites for hydroxylation is 1. The summed E-state index contributed by atoms with van der Waals surface area (Å²) in [6.07, 6.45) is 4.41. The van der Waals surface area contributed by atoms with Gasteiger partial charge in [-0.05, 0) is 36.8 Å². The van der Waals surface area contributed by atoms with E-state index in [4.69, 9.17) is 0 Å². The minimum absolute atomic E-state index is 0.160. The van der Waals surface area contributed by atoms with Gasteiger partial charge in [0.2, 0.25) is 0 Å². The quantitative estimate of drug-likeness (QED) is 0.645. The van der Waals surface area contributed by atoms with E-state index in [1.807, 2.05) is 16.9 Å². The van der Waals surface area contributed by atoms with Gasteiger partial charge >= 0.3 is 5.97 Å². The van der Waals surface area contributed by atoms with Crippen molar-refractivity contribution in [3.8, 4) is 0 Å². The van der Waals surface area contributed by atoms with E-state index < -0.39 is 5.97 Å². The van der Waals surface area contributed by atoms with Gasteiger partial charge in [-0.2, -0.15) is 5.10 Å². The molecule has 0 spiro atoms. The molecule has 1 aromatic heterocycles. The van der Waals surface area contributed by atoms with Gasteiger partial charge in [0.05, 0.1) is 12.7 Å². The Morgan fingerprint density at radius 3 is 2.57 bits per heavy atom. The molecule has 0 aliphatic carbocycles. The second-order valence-corrected chi connectivity index (χ2v) is 4.45. The van der Waals surface area contributed by atoms with E-state index in [9.17, 15) is 9.59 Å². The molecule has 6 nitrogen and oxygen atoms in total. The van der Waals surface area contributed by atoms with Crippen molar-refractivity contribution in [3.63, 3.8) is 0 Å². The molecule has 0 aliphatic heterocycles. The molecule has 0 radical (unpaired) electrons. The Hall–Kier alpha value is -2.63. The van der Waals surface area contributed by atoms with Gasteiger partial charge in [0.25, 0.3) is 5.91 Å². The number of aromatic nitrogens is 2. The van der Waals surface area contributed by atoms with Crippen molar-refractivity contribution in [3.05, 3.63) is 53.9 Å². The molecule has 1 heterocycles. The fraction of sp³-hybridized carbons (Fsp3) is 0.267. The van der Waals surface area contributed by atoms with Gasteiger partial charge in [0.1, 0.15) is 0 Å². The summed E-state index contributed by atoms with van der Waals surface area (Å²) in [7, 11) is 1.32. The molecule has 0 fully saturated rings. The SMILES string of the molecule is COC(=O)c1ccc(C(=O)NCCCn2cccn2)cc1. The van der Waals surface area contributed by atoms with Crippen LogP contribution in [-0.2, 0) is 11.3 Å². The lowest BCUT2D eigenvalue weighted by atomic mass is 10.1. The van der Waals surface area contributed by atoms with E-state index in [2.05, 4.69) is 15.2 Å². The number of nitrogens with zero attached hydrogens (tertiary/aromatic N) is 2. The molecule has 0 unspecified atom stereocenters. The van der Waals surface area contributed by atoms with Crippen LogP contribution in [0.3, 0.4) is 0 Å². The number of rotatable bonds is 6. The lowest BCUT2D eigenvalue weighted by Gasteiger charge is -2.06. The van der Waals surface area contributed by atoms with Crippen LogP contribution in [0.2, 0.25) is 0 Å². The third kappa shape index (κ3) is 4.17. The summed E-state index contributed by atoms with van der Waals surface area (Å²) in [6.45, 7) is 1.33. The Morgan fingerprint density at radius 2 is 1.95 bits per heavy atom. The smallest absolute Gasteiger partial charge is 0.337 e. The van der Waals surface area contributed by atoms with Crippen LogP contribution in [0.25, 0.3) is 0 Å². The first-order valence-corrected chi connectivity index (χ1v) is 6.64. The molecule has 6 heteroatoms. The molecular formula is C15H17N3O3. The van der Waals surface area contributed by atoms with Gasteiger partial charge in [0, 0.05) is 31.0 Å². The number of methoxy groups -OCH3 is 1. The first kappa shape index (κ1) is 14.8. The van der Waals surface area contributed by atoms with E-state index in [0.29, 0.717) is 17.7 Å². The Bertz CT molecular complexity index is 591. The highest BCUT2D eigenvalue weighted by molar-refractivity contribution is 5.96. The van der Waals surface area contributed by atoms with E-state index in [0.717, 1.165) is 13.0 Å². The van der Waals surface area contributed by atoms with Gasteiger partial charge < -0.3 is 10.1 Å². The van der Waals surface area contributed by atoms with Crippen LogP contribution in [0.15, 0.2) is 42.7 Å². The zero-order valence-electron chi connectivity index (χ0n) is 11.8. The van der Waals surface area contributed by atoms with Crippen LogP contribution in [0.5, 0.6) is 0 Å². The normalized spacial score (nSPS) is 10.1. The molecule has 0 saturated carbocycles. The number of ether oxygens (including phenoxy) is 1. The first-order valence-electron chi connectivity index (χ1n) is 6.64. The van der Waals surface area contributed by atoms with Crippen LogP contribution >= 0.6 is 0 Å². The molecule has 0 saturated heterocycles. The van der Waals surface area contributed by atoms with Crippen molar-refractivity contribution < 1.29 is 14.3 Å². The third-order valence-corrected chi connectivity index (χ3v) is 2.98. The summed E-state index contributed by atoms with van der Waals surface area (Å²) in [4.78, 5) is 23.2. The molecule has 21 heavy (non-hydrogen) atoms. The minimum Gasteiger partial charge on any atom is -0.465 e. The maximum absolute atomic E-state index is 11.9. The zero-order valence-corrected chi connectivity index (χ0v) is 11.8. The lowest BCUT2D eigenvalue weighted by Crippen LogP contribution is -2.25. The van der Waals surface area contributed by atoms with Crippen LogP contribution in [-0.4, -0.2) is 35.3 Å². The molecule has 0 aliphatic rings. The lowest BCUT2D eigenvalue weighted by molar-refractivity contribution is 0.0600. The second kappa shape index (κ2) is 7.23. The van der Waals surface area contributed by atoms with Crippen molar-refractivity contribution in [2.45, 2.75) is 13.0 Å². The molecule has 1 amide bonds. The Balaban J connectivity index is 1.79. The highest BCUT2D eigenvalue weighted by Crippen LogP contribution is 2.05. The van der Waals surface area contributed by atoms with E-state index in [-0.39, 0.29) is 5.91 Å². The predicted octanol–water partition coefficient (Wildman–Crippen LogP) is 1.49. The Kier molecular flexibility index (Phi) is 5.09. The molecule has 1 N–H and O–H groups in total. The van der Waals surface area contributed by atoms with Crippen LogP contribution < -0.4 is 5.32 Å². The molecule has 2 aromatic rings. The average Bonchev–Trinajstić information content (AvgIpc) is 3.04. The summed E-state index contributed by atoms with van der Waals surface area (Å²) in [5.41, 5.74) is 0.939. The summed E-state index contributed by atoms with van der Waals surface area (Å²) in [5.74, 6) is -0.576. The maximum Gasteiger partial charge on any atom is 0.337 e. The summed E-state index contributed by atoms with van der Waals surface area (Å²) >= 11 is 0. The van der Waals surface area contributed by atoms with Crippen molar-refractivity contribution in [2.75, 3.05) is 13.7 Å². The number of esters is 1. The van der Waals surface area contributed by atoms with Crippen LogP contribution in [0.4, 0.5) is 0 Å². The summed E-state index contributed by atoms with van der Waals surface area (Å²) in [5, 5.41) is 6.91. The Morgan fingerprint density at radius 1 is 1.24 bits per heavy atom. The highest BCUT2D eigenvalue weighted by Gasteiger charge is 2.08. The fourth-order valence-corrected chi connectivity index (χ4v) is 1.85. The van der Waals surface area contributed by atoms with Crippen molar-refractivity contribution >= 4 is 11.9 Å². The molecule has 0 bridgehead atoms. The molecule has 0 atom stereocenters. The van der Waals surface area contributed by atoms with Crippen LogP contribution in [0, 0.1) is 0 Å². The fourth-order valence-electron chi connectivity index (χ4n) is 1.85. The molecular weight excluding hydrogens is 270 g/mol. The Labute approximate surface area is 122 Å². The van der Waals surface area contributed by atoms with Crippen molar-refractivity contribution in [2.24, 2.45) is 0 Å². The number of nitrogens with one attached hydrogen (secondary N) is 1. The van der Waals surface area contributed by atoms with Gasteiger partial charge in [-0.1, -0.05) is 0 Å². The summed E-state index contributed by atoms with van der Waals surface area (Å²) in [6, 6.07) is 8.22. The monoisotopic (exact) mass is 287 g/mol. The largest absolute Gasteiger partial charge is 0.465 e. The molecule has 2 rings (SSSR count). The van der Waals surface area contributed by atoms with Gasteiger partial charge in [-0.3, -0.25) is 9.48 Å². The van der Waals surface area contributed by atoms with Gasteiger partial charge in [-0.15, -0.1) is 0 Å². The van der Waals surface area contributed by atoms with E-state index >= 15 is 0 Å². The highest BCUT2D eigenvalue weighted by atomic mass is 16.5. The van der Waals surface area contributed by atoms with Crippen molar-refractivity contribution in [1.82, 2.24) is 15.1 Å². The van der Waals surface area contributed by atoms with Crippen LogP contribution in [0.1, 0.15) is 27.1 Å². The number of amides is 1. The van der Waals surface area contributed by atoms with Crippen molar-refractivity contribution in [1.29, 1.82) is 0 Å². The number of carbonyl (C=O) groups excluding carboxylic acids is 2. The second-order valence-electron chi connectivity index (χ2n) is 4.45. The molecule has 110 valence electrons. The third-order valence-electron chi connectivity index (χ3n) is 2.98. The maximum atomic E-state index is 11.9. The van der Waals surface area contributed by atoms with Gasteiger partial charge in [0.15, 0.2) is 0 Å². The number of hydrogen-bond donors (Lipinski definition) is 1. The standard InChI is InChI=1S/C15H17N3O3/c1-21-15(20)13-6-4-12(5-7-13)14(19)16-8-2-10-18-11-3-9-17-18/h3-7,9,11H,2,8,10H2,1H3,(H,16,19). The first-order chi connectivity index (χ1) is 10.2. The zero-order chi connectivity index (χ0) is 15.1. The van der Waals surface area contributed by atoms with E-state index in [1.165, 1.54) is 7.11 Å². The topological polar surface area (TPSA) is 73.2 Å². The number of benzene rings is 1. The van der Waals surface area contributed by atoms with E-state index in [1.54, 1.807) is 30.5 Å². The van der Waals surface area contributed by atoms with Gasteiger partial charge in [-0.25, -0.2) is 4.79 Å². The molecule has 1 aromatic carbocycles. The number of hydrogen-bond acceptors (Lipinski definition) is 4. The average molecular weight is 287 g/mol.